The second-order valence-corrected chi connectivity index (χ2v) is 10.6. The molecular weight excluding hydrogens is 521 g/mol. The van der Waals surface area contributed by atoms with Crippen molar-refractivity contribution in [3.8, 4) is 5.75 Å². The number of halogens is 4. The van der Waals surface area contributed by atoms with Gasteiger partial charge in [0, 0.05) is 29.7 Å². The molecule has 2 aromatic carbocycles. The van der Waals surface area contributed by atoms with Crippen LogP contribution in [0.15, 0.2) is 35.9 Å². The van der Waals surface area contributed by atoms with Crippen molar-refractivity contribution in [3.05, 3.63) is 68.5 Å². The van der Waals surface area contributed by atoms with Gasteiger partial charge in [0.25, 0.3) is 0 Å². The van der Waals surface area contributed by atoms with E-state index < -0.39 is 11.9 Å². The number of hydrogen-bond donors (Lipinski definition) is 2. The Morgan fingerprint density at radius 2 is 2.05 bits per heavy atom. The van der Waals surface area contributed by atoms with Crippen molar-refractivity contribution in [2.24, 2.45) is 5.92 Å². The zero-order valence-corrected chi connectivity index (χ0v) is 22.5. The molecule has 1 aliphatic heterocycles. The van der Waals surface area contributed by atoms with Crippen LogP contribution in [0.1, 0.15) is 49.4 Å². The first-order valence-electron chi connectivity index (χ1n) is 12.6. The van der Waals surface area contributed by atoms with Crippen LogP contribution in [0.2, 0.25) is 10.0 Å². The molecule has 2 aliphatic rings. The summed E-state index contributed by atoms with van der Waals surface area (Å²) in [7, 11) is 0. The Bertz CT molecular complexity index is 1190. The van der Waals surface area contributed by atoms with Crippen molar-refractivity contribution < 1.29 is 23.4 Å². The van der Waals surface area contributed by atoms with E-state index in [-0.39, 0.29) is 24.6 Å². The van der Waals surface area contributed by atoms with Crippen LogP contribution in [0, 0.1) is 11.7 Å². The van der Waals surface area contributed by atoms with Gasteiger partial charge in [-0.1, -0.05) is 36.2 Å². The lowest BCUT2D eigenvalue weighted by Crippen LogP contribution is -2.44. The number of carboxylic acid groups (broad SMARTS) is 1. The molecule has 200 valence electrons. The minimum atomic E-state index is -0.878. The van der Waals surface area contributed by atoms with Gasteiger partial charge in [-0.2, -0.15) is 0 Å². The van der Waals surface area contributed by atoms with Crippen molar-refractivity contribution >= 4 is 34.7 Å². The SMILES string of the molecule is CC(CN1[C@H](C)CC2=C(Cc3ccc(F)cc32)[C@H]1c1c(Cl)ccc(OCCNCCCF)c1Cl)C(=O)O. The van der Waals surface area contributed by atoms with Gasteiger partial charge < -0.3 is 15.2 Å². The fraction of sp³-hybridized carbons (Fsp3) is 0.464. The molecule has 2 N–H and O–H groups in total. The van der Waals surface area contributed by atoms with Crippen molar-refractivity contribution in [1.82, 2.24) is 10.2 Å². The molecule has 1 unspecified atom stereocenters. The monoisotopic (exact) mass is 552 g/mol. The summed E-state index contributed by atoms with van der Waals surface area (Å²) in [4.78, 5) is 13.9. The van der Waals surface area contributed by atoms with Crippen LogP contribution < -0.4 is 10.1 Å². The molecule has 0 saturated heterocycles. The van der Waals surface area contributed by atoms with Gasteiger partial charge in [0.15, 0.2) is 0 Å². The molecule has 5 nitrogen and oxygen atoms in total. The number of carbonyl (C=O) groups is 1. The van der Waals surface area contributed by atoms with Gasteiger partial charge in [-0.3, -0.25) is 14.1 Å². The molecule has 0 saturated carbocycles. The molecule has 3 atom stereocenters. The number of nitrogens with zero attached hydrogens (tertiary/aromatic N) is 1. The van der Waals surface area contributed by atoms with Crippen LogP contribution in [0.25, 0.3) is 5.57 Å². The number of fused-ring (bicyclic) bond motifs is 2. The molecule has 9 heteroatoms. The zero-order chi connectivity index (χ0) is 26.7. The minimum Gasteiger partial charge on any atom is -0.491 e. The normalized spacial score (nSPS) is 20.1. The van der Waals surface area contributed by atoms with E-state index in [1.165, 1.54) is 6.07 Å². The van der Waals surface area contributed by atoms with Crippen LogP contribution in [0.3, 0.4) is 0 Å². The Morgan fingerprint density at radius 3 is 2.78 bits per heavy atom. The summed E-state index contributed by atoms with van der Waals surface area (Å²) < 4.78 is 32.4. The smallest absolute Gasteiger partial charge is 0.307 e. The molecule has 0 aromatic heterocycles. The highest BCUT2D eigenvalue weighted by atomic mass is 35.5. The van der Waals surface area contributed by atoms with Gasteiger partial charge in [0.05, 0.1) is 23.7 Å². The topological polar surface area (TPSA) is 61.8 Å². The molecule has 1 heterocycles. The van der Waals surface area contributed by atoms with Crippen LogP contribution in [-0.2, 0) is 11.2 Å². The Kier molecular flexibility index (Phi) is 9.11. The molecule has 4 rings (SSSR count). The lowest BCUT2D eigenvalue weighted by molar-refractivity contribution is -0.142. The average Bonchev–Trinajstić information content (AvgIpc) is 3.21. The number of carboxylic acids is 1. The van der Waals surface area contributed by atoms with Gasteiger partial charge in [0.1, 0.15) is 18.2 Å². The lowest BCUT2D eigenvalue weighted by atomic mass is 9.84. The Morgan fingerprint density at radius 1 is 1.27 bits per heavy atom. The van der Waals surface area contributed by atoms with Gasteiger partial charge >= 0.3 is 5.97 Å². The molecule has 0 radical (unpaired) electrons. The molecule has 37 heavy (non-hydrogen) atoms. The van der Waals surface area contributed by atoms with E-state index in [1.54, 1.807) is 25.1 Å². The molecule has 0 amide bonds. The lowest BCUT2D eigenvalue weighted by Gasteiger charge is -2.43. The van der Waals surface area contributed by atoms with Crippen LogP contribution >= 0.6 is 23.2 Å². The molecule has 2 aromatic rings. The van der Waals surface area contributed by atoms with E-state index in [1.807, 2.05) is 13.0 Å². The minimum absolute atomic E-state index is 0.0313. The van der Waals surface area contributed by atoms with E-state index in [0.29, 0.717) is 66.9 Å². The largest absolute Gasteiger partial charge is 0.491 e. The standard InChI is InChI=1S/C28H32Cl2F2N2O3/c1-16(28(35)36)15-34-17(2)12-21-20-14-19(32)5-4-18(20)13-22(21)27(34)25-23(29)6-7-24(26(25)30)37-11-10-33-9-3-8-31/h4-7,14,16-17,27,33H,3,8-13,15H2,1-2H3,(H,35,36)/t16?,17-,27+/m1/s1. The van der Waals surface area contributed by atoms with Gasteiger partial charge in [-0.25, -0.2) is 4.39 Å². The Labute approximate surface area is 226 Å². The maximum atomic E-state index is 14.2. The third-order valence-corrected chi connectivity index (χ3v) is 7.91. The number of rotatable bonds is 11. The first-order valence-corrected chi connectivity index (χ1v) is 13.3. The third kappa shape index (κ3) is 5.95. The quantitative estimate of drug-likeness (QED) is 0.319. The van der Waals surface area contributed by atoms with E-state index in [0.717, 1.165) is 22.3 Å². The van der Waals surface area contributed by atoms with Crippen molar-refractivity contribution in [2.45, 2.75) is 45.2 Å². The first-order chi connectivity index (χ1) is 17.7. The average molecular weight is 553 g/mol. The fourth-order valence-corrected chi connectivity index (χ4v) is 5.95. The second kappa shape index (κ2) is 12.1. The summed E-state index contributed by atoms with van der Waals surface area (Å²) in [5.74, 6) is -1.30. The molecule has 0 bridgehead atoms. The van der Waals surface area contributed by atoms with Crippen molar-refractivity contribution in [1.29, 1.82) is 0 Å². The summed E-state index contributed by atoms with van der Waals surface area (Å²) >= 11 is 13.7. The van der Waals surface area contributed by atoms with E-state index in [2.05, 4.69) is 10.2 Å². The number of alkyl halides is 1. The summed E-state index contributed by atoms with van der Waals surface area (Å²) in [6.07, 6.45) is 1.72. The molecule has 0 fully saturated rings. The number of nitrogens with one attached hydrogen (secondary N) is 1. The predicted molar refractivity (Wildman–Crippen MR) is 143 cm³/mol. The molecule has 1 aliphatic carbocycles. The number of hydrogen-bond acceptors (Lipinski definition) is 4. The zero-order valence-electron chi connectivity index (χ0n) is 21.0. The summed E-state index contributed by atoms with van der Waals surface area (Å²) in [6.45, 7) is 5.11. The maximum absolute atomic E-state index is 14.2. The van der Waals surface area contributed by atoms with E-state index >= 15 is 0 Å². The summed E-state index contributed by atoms with van der Waals surface area (Å²) in [6, 6.07) is 7.91. The Balaban J connectivity index is 1.73. The number of benzene rings is 2. The van der Waals surface area contributed by atoms with Gasteiger partial charge in [0.2, 0.25) is 0 Å². The Hall–Kier alpha value is -2.19. The first kappa shape index (κ1) is 27.8. The third-order valence-electron chi connectivity index (χ3n) is 7.19. The van der Waals surface area contributed by atoms with Gasteiger partial charge in [-0.15, -0.1) is 0 Å². The van der Waals surface area contributed by atoms with E-state index in [9.17, 15) is 18.7 Å². The highest BCUT2D eigenvalue weighted by Crippen LogP contribution is 2.52. The molecule has 0 spiro atoms. The van der Waals surface area contributed by atoms with Crippen LogP contribution in [0.4, 0.5) is 8.78 Å². The van der Waals surface area contributed by atoms with E-state index in [4.69, 9.17) is 27.9 Å². The van der Waals surface area contributed by atoms with Crippen molar-refractivity contribution in [3.63, 3.8) is 0 Å². The molecular formula is C28H32Cl2F2N2O3. The highest BCUT2D eigenvalue weighted by Gasteiger charge is 2.42. The fourth-order valence-electron chi connectivity index (χ4n) is 5.32. The van der Waals surface area contributed by atoms with Crippen LogP contribution in [-0.4, -0.2) is 54.9 Å². The summed E-state index contributed by atoms with van der Waals surface area (Å²) in [5.41, 5.74) is 4.73. The number of ether oxygens (including phenoxy) is 1. The number of aliphatic carboxylic acids is 1. The van der Waals surface area contributed by atoms with Crippen LogP contribution in [0.5, 0.6) is 5.75 Å². The second-order valence-electron chi connectivity index (χ2n) is 9.79. The van der Waals surface area contributed by atoms with Gasteiger partial charge in [-0.05, 0) is 79.3 Å². The highest BCUT2D eigenvalue weighted by molar-refractivity contribution is 6.37. The predicted octanol–water partition coefficient (Wildman–Crippen LogP) is 6.33. The maximum Gasteiger partial charge on any atom is 0.307 e. The van der Waals surface area contributed by atoms with Crippen molar-refractivity contribution in [2.75, 3.05) is 32.9 Å². The summed E-state index contributed by atoms with van der Waals surface area (Å²) in [5, 5.41) is 13.6.